The zero-order valence-electron chi connectivity index (χ0n) is 16.4. The highest BCUT2D eigenvalue weighted by molar-refractivity contribution is 5.91. The Morgan fingerprint density at radius 1 is 0.964 bits per heavy atom. The SMILES string of the molecule is O=C(CNC(=O)C12CC3CC4CC(C1)C432)N1CCN(Cc2ccccc2)CC1. The van der Waals surface area contributed by atoms with E-state index < -0.39 is 0 Å². The molecule has 1 heterocycles. The van der Waals surface area contributed by atoms with Crippen molar-refractivity contribution in [3.8, 4) is 0 Å². The average Bonchev–Trinajstić information content (AvgIpc) is 2.65. The number of hydrogen-bond acceptors (Lipinski definition) is 3. The molecule has 1 saturated heterocycles. The molecule has 1 aromatic rings. The van der Waals surface area contributed by atoms with Crippen LogP contribution in [0.4, 0.5) is 0 Å². The molecule has 6 rings (SSSR count). The van der Waals surface area contributed by atoms with E-state index in [1.807, 2.05) is 11.0 Å². The summed E-state index contributed by atoms with van der Waals surface area (Å²) in [5.74, 6) is 2.73. The molecule has 2 unspecified atom stereocenters. The van der Waals surface area contributed by atoms with Crippen LogP contribution in [-0.2, 0) is 16.1 Å². The maximum atomic E-state index is 12.9. The van der Waals surface area contributed by atoms with E-state index in [1.54, 1.807) is 0 Å². The monoisotopic (exact) mass is 379 g/mol. The van der Waals surface area contributed by atoms with E-state index in [0.717, 1.165) is 63.3 Å². The summed E-state index contributed by atoms with van der Waals surface area (Å²) in [5, 5.41) is 3.03. The largest absolute Gasteiger partial charge is 0.347 e. The Balaban J connectivity index is 0.984. The predicted molar refractivity (Wildman–Crippen MR) is 105 cm³/mol. The van der Waals surface area contributed by atoms with Crippen LogP contribution in [0.3, 0.4) is 0 Å². The van der Waals surface area contributed by atoms with Crippen LogP contribution in [0.15, 0.2) is 30.3 Å². The van der Waals surface area contributed by atoms with Crippen molar-refractivity contribution in [2.75, 3.05) is 32.7 Å². The molecule has 5 aliphatic rings. The van der Waals surface area contributed by atoms with E-state index in [1.165, 1.54) is 18.4 Å². The Kier molecular flexibility index (Phi) is 3.54. The first kappa shape index (κ1) is 17.0. The highest BCUT2D eigenvalue weighted by atomic mass is 16.2. The molecule has 5 nitrogen and oxygen atoms in total. The third kappa shape index (κ3) is 2.01. The van der Waals surface area contributed by atoms with Gasteiger partial charge >= 0.3 is 0 Å². The number of nitrogens with one attached hydrogen (secondary N) is 1. The van der Waals surface area contributed by atoms with E-state index in [4.69, 9.17) is 0 Å². The Morgan fingerprint density at radius 2 is 1.64 bits per heavy atom. The van der Waals surface area contributed by atoms with Crippen LogP contribution in [0.2, 0.25) is 0 Å². The summed E-state index contributed by atoms with van der Waals surface area (Å²) in [5.41, 5.74) is 1.62. The van der Waals surface area contributed by atoms with Crippen molar-refractivity contribution in [2.45, 2.75) is 32.2 Å². The number of carbonyl (C=O) groups is 2. The summed E-state index contributed by atoms with van der Waals surface area (Å²) < 4.78 is 0. The molecule has 4 saturated carbocycles. The van der Waals surface area contributed by atoms with Crippen molar-refractivity contribution in [3.63, 3.8) is 0 Å². The molecule has 0 bridgehead atoms. The van der Waals surface area contributed by atoms with Gasteiger partial charge in [0.1, 0.15) is 0 Å². The minimum atomic E-state index is -0.0852. The first-order valence-electron chi connectivity index (χ1n) is 11.0. The second kappa shape index (κ2) is 5.82. The zero-order chi connectivity index (χ0) is 18.9. The maximum absolute atomic E-state index is 12.9. The van der Waals surface area contributed by atoms with Gasteiger partial charge in [0.05, 0.1) is 12.0 Å². The lowest BCUT2D eigenvalue weighted by atomic mass is 9.13. The average molecular weight is 380 g/mol. The molecule has 2 amide bonds. The van der Waals surface area contributed by atoms with E-state index in [-0.39, 0.29) is 23.8 Å². The van der Waals surface area contributed by atoms with E-state index in [2.05, 4.69) is 34.5 Å². The third-order valence-corrected chi connectivity index (χ3v) is 8.99. The molecule has 4 aliphatic carbocycles. The molecular formula is C23H29N3O2. The van der Waals surface area contributed by atoms with Gasteiger partial charge in [0, 0.05) is 32.7 Å². The number of nitrogens with zero attached hydrogens (tertiary/aromatic N) is 2. The van der Waals surface area contributed by atoms with Gasteiger partial charge in [-0.25, -0.2) is 0 Å². The number of carbonyl (C=O) groups excluding carboxylic acids is 2. The lowest BCUT2D eigenvalue weighted by Crippen LogP contribution is -2.88. The zero-order valence-corrected chi connectivity index (χ0v) is 16.4. The quantitative estimate of drug-likeness (QED) is 0.850. The number of piperazine rings is 1. The summed E-state index contributed by atoms with van der Waals surface area (Å²) in [7, 11) is 0. The Hall–Kier alpha value is -1.88. The predicted octanol–water partition coefficient (Wildman–Crippen LogP) is 1.88. The summed E-state index contributed by atoms with van der Waals surface area (Å²) in [6.45, 7) is 4.41. The number of hydrogen-bond donors (Lipinski definition) is 1. The minimum Gasteiger partial charge on any atom is -0.347 e. The van der Waals surface area contributed by atoms with Crippen LogP contribution < -0.4 is 5.32 Å². The minimum absolute atomic E-state index is 0.0760. The number of amides is 2. The van der Waals surface area contributed by atoms with Gasteiger partial charge in [0.25, 0.3) is 0 Å². The molecule has 1 aromatic carbocycles. The second-order valence-corrected chi connectivity index (χ2v) is 9.81. The Labute approximate surface area is 166 Å². The van der Waals surface area contributed by atoms with Crippen molar-refractivity contribution in [3.05, 3.63) is 35.9 Å². The summed E-state index contributed by atoms with van der Waals surface area (Å²) >= 11 is 0. The highest BCUT2D eigenvalue weighted by Gasteiger charge is 2.89. The normalized spacial score (nSPS) is 40.0. The number of rotatable bonds is 5. The van der Waals surface area contributed by atoms with Crippen molar-refractivity contribution in [2.24, 2.45) is 28.6 Å². The van der Waals surface area contributed by atoms with E-state index in [9.17, 15) is 9.59 Å². The fraction of sp³-hybridized carbons (Fsp3) is 0.652. The lowest BCUT2D eigenvalue weighted by Gasteiger charge is -2.90. The fourth-order valence-corrected chi connectivity index (χ4v) is 7.75. The van der Waals surface area contributed by atoms with Gasteiger partial charge in [-0.1, -0.05) is 30.3 Å². The van der Waals surface area contributed by atoms with Crippen LogP contribution in [0.25, 0.3) is 0 Å². The van der Waals surface area contributed by atoms with Gasteiger partial charge in [-0.2, -0.15) is 0 Å². The van der Waals surface area contributed by atoms with Gasteiger partial charge in [0.2, 0.25) is 11.8 Å². The lowest BCUT2D eigenvalue weighted by molar-refractivity contribution is -0.413. The van der Waals surface area contributed by atoms with Crippen LogP contribution in [0, 0.1) is 28.6 Å². The van der Waals surface area contributed by atoms with Crippen molar-refractivity contribution >= 4 is 11.8 Å². The molecule has 1 aliphatic heterocycles. The third-order valence-electron chi connectivity index (χ3n) is 8.99. The summed E-state index contributed by atoms with van der Waals surface area (Å²) in [6.07, 6.45) is 4.88. The van der Waals surface area contributed by atoms with Crippen molar-refractivity contribution in [1.29, 1.82) is 0 Å². The Bertz CT molecular complexity index is 789. The molecule has 148 valence electrons. The second-order valence-electron chi connectivity index (χ2n) is 9.81. The first-order valence-corrected chi connectivity index (χ1v) is 11.0. The molecule has 5 heteroatoms. The molecule has 0 radical (unpaired) electrons. The molecule has 1 spiro atoms. The van der Waals surface area contributed by atoms with Gasteiger partial charge in [-0.15, -0.1) is 0 Å². The standard InChI is InChI=1S/C23H29N3O2/c27-20(26-8-6-25(7-9-26)15-16-4-2-1-3-5-16)14-24-21(28)22-12-18-10-17-11-19(13-22)23(17,18)22/h1-5,17-19H,6-15H2,(H,24,28). The molecule has 2 atom stereocenters. The first-order chi connectivity index (χ1) is 13.6. The molecule has 1 N–H and O–H groups in total. The number of benzene rings is 1. The molecule has 28 heavy (non-hydrogen) atoms. The van der Waals surface area contributed by atoms with Gasteiger partial charge in [0.15, 0.2) is 0 Å². The van der Waals surface area contributed by atoms with E-state index >= 15 is 0 Å². The van der Waals surface area contributed by atoms with Gasteiger partial charge < -0.3 is 10.2 Å². The van der Waals surface area contributed by atoms with Crippen LogP contribution in [0.1, 0.15) is 31.2 Å². The van der Waals surface area contributed by atoms with Crippen molar-refractivity contribution in [1.82, 2.24) is 15.1 Å². The molecule has 5 fully saturated rings. The van der Waals surface area contributed by atoms with Gasteiger partial charge in [-0.3, -0.25) is 14.5 Å². The van der Waals surface area contributed by atoms with Crippen molar-refractivity contribution < 1.29 is 9.59 Å². The van der Waals surface area contributed by atoms with E-state index in [0.29, 0.717) is 5.41 Å². The van der Waals surface area contributed by atoms with Crippen LogP contribution in [0.5, 0.6) is 0 Å². The highest BCUT2D eigenvalue weighted by Crippen LogP contribution is 2.92. The molecule has 0 aromatic heterocycles. The topological polar surface area (TPSA) is 52.7 Å². The van der Waals surface area contributed by atoms with Crippen LogP contribution in [-0.4, -0.2) is 54.3 Å². The smallest absolute Gasteiger partial charge is 0.242 e. The fourth-order valence-electron chi connectivity index (χ4n) is 7.75. The summed E-state index contributed by atoms with van der Waals surface area (Å²) in [6, 6.07) is 10.5. The van der Waals surface area contributed by atoms with Gasteiger partial charge in [-0.05, 0) is 54.4 Å². The Morgan fingerprint density at radius 3 is 2.25 bits per heavy atom. The summed E-state index contributed by atoms with van der Waals surface area (Å²) in [4.78, 5) is 29.8. The van der Waals surface area contributed by atoms with Crippen LogP contribution >= 0.6 is 0 Å². The molecular weight excluding hydrogens is 350 g/mol. The maximum Gasteiger partial charge on any atom is 0.242 e.